The van der Waals surface area contributed by atoms with Crippen molar-refractivity contribution in [2.24, 2.45) is 0 Å². The molecule has 0 aliphatic heterocycles. The normalized spacial score (nSPS) is 15.6. The van der Waals surface area contributed by atoms with Crippen LogP contribution in [0.4, 0.5) is 4.39 Å². The van der Waals surface area contributed by atoms with Crippen molar-refractivity contribution in [3.8, 4) is 34.1 Å². The molecule has 0 atom stereocenters. The number of benzene rings is 4. The van der Waals surface area contributed by atoms with E-state index in [1.54, 1.807) is 0 Å². The Morgan fingerprint density at radius 2 is 1.41 bits per heavy atom. The van der Waals surface area contributed by atoms with Crippen molar-refractivity contribution >= 4 is 21.8 Å². The van der Waals surface area contributed by atoms with Crippen LogP contribution in [0.25, 0.3) is 44.4 Å². The Kier molecular flexibility index (Phi) is 9.61. The first kappa shape index (κ1) is 33.6. The maximum absolute atomic E-state index is 14.3. The molecule has 0 saturated heterocycles. The van der Waals surface area contributed by atoms with Gasteiger partial charge in [-0.05, 0) is 77.4 Å². The molecule has 0 bridgehead atoms. The molecule has 0 unspecified atom stereocenters. The molecule has 0 spiro atoms. The van der Waals surface area contributed by atoms with E-state index in [1.807, 2.05) is 64.0 Å². The molecule has 51 heavy (non-hydrogen) atoms. The monoisotopic (exact) mass is 853 g/mol. The zero-order valence-corrected chi connectivity index (χ0v) is 30.7. The molecule has 7 heteroatoms. The van der Waals surface area contributed by atoms with Gasteiger partial charge in [-0.1, -0.05) is 80.4 Å². The molecule has 4 aromatic carbocycles. The summed E-state index contributed by atoms with van der Waals surface area (Å²) < 4.78 is 24.6. The van der Waals surface area contributed by atoms with E-state index in [0.29, 0.717) is 29.2 Å². The van der Waals surface area contributed by atoms with E-state index in [9.17, 15) is 4.39 Å². The molecule has 2 aliphatic rings. The van der Waals surface area contributed by atoms with Gasteiger partial charge in [0.25, 0.3) is 0 Å². The van der Waals surface area contributed by atoms with Crippen LogP contribution in [0.3, 0.4) is 0 Å². The van der Waals surface area contributed by atoms with Gasteiger partial charge >= 0.3 is 21.1 Å². The quantitative estimate of drug-likeness (QED) is 0.150. The van der Waals surface area contributed by atoms with Crippen LogP contribution < -0.4 is 4.74 Å². The number of hydrogen-bond acceptors (Lipinski definition) is 3. The first-order chi connectivity index (χ1) is 24.7. The van der Waals surface area contributed by atoms with E-state index in [4.69, 9.17) is 9.84 Å². The summed E-state index contributed by atoms with van der Waals surface area (Å²) in [6.45, 7) is 0. The van der Waals surface area contributed by atoms with Crippen molar-refractivity contribution < 1.29 is 30.2 Å². The Morgan fingerprint density at radius 1 is 0.706 bits per heavy atom. The predicted molar refractivity (Wildman–Crippen MR) is 197 cm³/mol. The first-order valence-corrected chi connectivity index (χ1v) is 18.2. The van der Waals surface area contributed by atoms with Crippen LogP contribution in [-0.4, -0.2) is 19.3 Å². The van der Waals surface area contributed by atoms with Crippen molar-refractivity contribution in [3.05, 3.63) is 133 Å². The summed E-state index contributed by atoms with van der Waals surface area (Å²) in [6, 6.07) is 34.6. The van der Waals surface area contributed by atoms with Gasteiger partial charge in [-0.15, -0.1) is 35.7 Å². The molecule has 3 aromatic heterocycles. The van der Waals surface area contributed by atoms with Crippen LogP contribution in [0.1, 0.15) is 87.2 Å². The molecular formula is C44H39FN4OPt. The fourth-order valence-corrected chi connectivity index (χ4v) is 8.45. The van der Waals surface area contributed by atoms with Crippen molar-refractivity contribution in [2.75, 3.05) is 0 Å². The molecule has 7 aromatic rings. The van der Waals surface area contributed by atoms with E-state index >= 15 is 0 Å². The van der Waals surface area contributed by atoms with Crippen molar-refractivity contribution in [2.45, 2.75) is 76.0 Å². The minimum Gasteiger partial charge on any atom is -0.509 e. The fraction of sp³-hybridized carbons (Fsp3) is 0.273. The SMILES string of the molecule is Fc1ccnc(-n2c3[c-]c(Oc4[c-]c(-n5cc(-c6c(C7CCCCC7)cccc6C6CCCCC6)cn5)ccc4)ccc3c3ccccc32)c1.[Pt+2]. The van der Waals surface area contributed by atoms with Gasteiger partial charge in [-0.2, -0.15) is 17.2 Å². The molecule has 0 amide bonds. The number of ether oxygens (including phenoxy) is 1. The second-order valence-electron chi connectivity index (χ2n) is 13.9. The van der Waals surface area contributed by atoms with Crippen molar-refractivity contribution in [1.82, 2.24) is 19.3 Å². The summed E-state index contributed by atoms with van der Waals surface area (Å²) in [5.74, 6) is 2.46. The Bertz CT molecular complexity index is 2280. The number of para-hydroxylation sites is 1. The van der Waals surface area contributed by atoms with Crippen LogP contribution >= 0.6 is 0 Å². The second-order valence-corrected chi connectivity index (χ2v) is 13.9. The zero-order valence-electron chi connectivity index (χ0n) is 28.4. The predicted octanol–water partition coefficient (Wildman–Crippen LogP) is 11.7. The average molecular weight is 854 g/mol. The Labute approximate surface area is 312 Å². The third kappa shape index (κ3) is 6.55. The van der Waals surface area contributed by atoms with Gasteiger partial charge in [0.2, 0.25) is 0 Å². The molecule has 0 radical (unpaired) electrons. The van der Waals surface area contributed by atoms with Crippen LogP contribution in [0.2, 0.25) is 0 Å². The van der Waals surface area contributed by atoms with E-state index in [-0.39, 0.29) is 26.9 Å². The molecule has 2 saturated carbocycles. The Hall–Kier alpha value is -4.54. The standard InChI is InChI=1S/C44H39FN4O.Pt/c45-33-23-24-46-43(25-33)49-41-20-8-7-17-39(41)40-22-21-36(27-42(40)49)50-35-16-9-15-34(26-35)48-29-32(28-47-48)44-37(30-11-3-1-4-12-30)18-10-19-38(44)31-13-5-2-6-14-31;/h7-10,15-25,28-31H,1-6,11-14H2;/q-2;+2. The number of rotatable bonds is 7. The average Bonchev–Trinajstić information content (AvgIpc) is 3.79. The summed E-state index contributed by atoms with van der Waals surface area (Å²) in [5.41, 5.74) is 8.10. The molecule has 2 fully saturated rings. The Balaban J connectivity index is 0.00000374. The first-order valence-electron chi connectivity index (χ1n) is 18.2. The molecular weight excluding hydrogens is 815 g/mol. The van der Waals surface area contributed by atoms with Gasteiger partial charge in [0.05, 0.1) is 6.20 Å². The third-order valence-electron chi connectivity index (χ3n) is 10.8. The second kappa shape index (κ2) is 14.6. The van der Waals surface area contributed by atoms with Crippen LogP contribution in [0, 0.1) is 17.9 Å². The van der Waals surface area contributed by atoms with Crippen LogP contribution in [-0.2, 0) is 21.1 Å². The molecule has 9 rings (SSSR count). The fourth-order valence-electron chi connectivity index (χ4n) is 8.45. The van der Waals surface area contributed by atoms with Gasteiger partial charge < -0.3 is 9.30 Å². The summed E-state index contributed by atoms with van der Waals surface area (Å²) in [5, 5.41) is 6.91. The number of fused-ring (bicyclic) bond motifs is 3. The van der Waals surface area contributed by atoms with E-state index < -0.39 is 0 Å². The zero-order chi connectivity index (χ0) is 33.4. The third-order valence-corrected chi connectivity index (χ3v) is 10.8. The van der Waals surface area contributed by atoms with Gasteiger partial charge in [0.15, 0.2) is 0 Å². The van der Waals surface area contributed by atoms with E-state index in [0.717, 1.165) is 27.5 Å². The molecule has 258 valence electrons. The topological polar surface area (TPSA) is 44.9 Å². The van der Waals surface area contributed by atoms with E-state index in [2.05, 4.69) is 47.6 Å². The van der Waals surface area contributed by atoms with Gasteiger partial charge in [0, 0.05) is 41.0 Å². The molecule has 5 nitrogen and oxygen atoms in total. The number of aromatic nitrogens is 4. The minimum atomic E-state index is -0.343. The Morgan fingerprint density at radius 3 is 2.16 bits per heavy atom. The molecule has 0 N–H and O–H groups in total. The number of hydrogen-bond donors (Lipinski definition) is 0. The van der Waals surface area contributed by atoms with E-state index in [1.165, 1.54) is 105 Å². The largest absolute Gasteiger partial charge is 2.00 e. The van der Waals surface area contributed by atoms with Crippen molar-refractivity contribution in [3.63, 3.8) is 0 Å². The van der Waals surface area contributed by atoms with Gasteiger partial charge in [-0.3, -0.25) is 4.68 Å². The van der Waals surface area contributed by atoms with Crippen LogP contribution in [0.5, 0.6) is 11.5 Å². The number of nitrogens with zero attached hydrogens (tertiary/aromatic N) is 4. The smallest absolute Gasteiger partial charge is 0.509 e. The van der Waals surface area contributed by atoms with Gasteiger partial charge in [-0.25, -0.2) is 9.37 Å². The minimum absolute atomic E-state index is 0. The summed E-state index contributed by atoms with van der Waals surface area (Å²) in [4.78, 5) is 4.47. The van der Waals surface area contributed by atoms with Crippen molar-refractivity contribution in [1.29, 1.82) is 0 Å². The number of halogens is 1. The summed E-state index contributed by atoms with van der Waals surface area (Å²) >= 11 is 0. The van der Waals surface area contributed by atoms with Gasteiger partial charge in [0.1, 0.15) is 11.6 Å². The number of pyridine rings is 1. The summed E-state index contributed by atoms with van der Waals surface area (Å²) in [6.07, 6.45) is 18.7. The van der Waals surface area contributed by atoms with Crippen LogP contribution in [0.15, 0.2) is 104 Å². The maximum atomic E-state index is 14.3. The molecule has 2 aliphatic carbocycles. The summed E-state index contributed by atoms with van der Waals surface area (Å²) in [7, 11) is 0. The molecule has 3 heterocycles. The maximum Gasteiger partial charge on any atom is 2.00 e.